The minimum absolute atomic E-state index is 0.479. The Hall–Kier alpha value is -1.46. The second kappa shape index (κ2) is 6.47. The number of hydrogen-bond donors (Lipinski definition) is 1. The van der Waals surface area contributed by atoms with E-state index in [1.54, 1.807) is 0 Å². The molecule has 1 atom stereocenters. The van der Waals surface area contributed by atoms with Crippen molar-refractivity contribution in [2.45, 2.75) is 39.2 Å². The molecule has 1 aromatic rings. The first kappa shape index (κ1) is 13.0. The van der Waals surface area contributed by atoms with Gasteiger partial charge in [-0.05, 0) is 56.0 Å². The normalized spacial score (nSPS) is 16.9. The van der Waals surface area contributed by atoms with Crippen molar-refractivity contribution in [3.8, 4) is 17.6 Å². The molecular weight excluding hydrogens is 222 g/mol. The number of nitrogens with one attached hydrogen (secondary N) is 1. The summed E-state index contributed by atoms with van der Waals surface area (Å²) in [6.07, 6.45) is 3.53. The smallest absolute Gasteiger partial charge is 0.149 e. The Labute approximate surface area is 110 Å². The highest BCUT2D eigenvalue weighted by molar-refractivity contribution is 5.40. The lowest BCUT2D eigenvalue weighted by Gasteiger charge is -2.13. The second-order valence-corrected chi connectivity index (χ2v) is 4.62. The van der Waals surface area contributed by atoms with Crippen LogP contribution in [0.3, 0.4) is 0 Å². The minimum Gasteiger partial charge on any atom is -0.481 e. The molecule has 2 rings (SSSR count). The zero-order valence-corrected chi connectivity index (χ0v) is 11.3. The SMILES string of the molecule is CC#CCOc1ccc2c(c1)CCC2NCCC. The number of ether oxygens (including phenoxy) is 1. The topological polar surface area (TPSA) is 21.3 Å². The summed E-state index contributed by atoms with van der Waals surface area (Å²) in [5.41, 5.74) is 2.86. The number of aryl methyl sites for hydroxylation is 1. The third-order valence-electron chi connectivity index (χ3n) is 3.32. The predicted octanol–water partition coefficient (Wildman–Crippen LogP) is 3.08. The summed E-state index contributed by atoms with van der Waals surface area (Å²) in [5, 5.41) is 3.60. The molecule has 1 N–H and O–H groups in total. The van der Waals surface area contributed by atoms with Crippen molar-refractivity contribution in [3.05, 3.63) is 29.3 Å². The van der Waals surface area contributed by atoms with Crippen molar-refractivity contribution in [3.63, 3.8) is 0 Å². The first-order chi connectivity index (χ1) is 8.85. The molecule has 0 bridgehead atoms. The minimum atomic E-state index is 0.479. The van der Waals surface area contributed by atoms with Crippen molar-refractivity contribution >= 4 is 0 Å². The first-order valence-electron chi connectivity index (χ1n) is 6.73. The molecule has 1 aliphatic rings. The fourth-order valence-corrected chi connectivity index (χ4v) is 2.41. The van der Waals surface area contributed by atoms with Crippen LogP contribution in [0.5, 0.6) is 5.75 Å². The molecule has 0 aliphatic heterocycles. The van der Waals surface area contributed by atoms with Crippen LogP contribution in [-0.4, -0.2) is 13.2 Å². The van der Waals surface area contributed by atoms with Gasteiger partial charge in [-0.2, -0.15) is 0 Å². The van der Waals surface area contributed by atoms with Gasteiger partial charge < -0.3 is 10.1 Å². The number of rotatable bonds is 5. The van der Waals surface area contributed by atoms with Crippen LogP contribution in [0, 0.1) is 11.8 Å². The maximum atomic E-state index is 5.59. The summed E-state index contributed by atoms with van der Waals surface area (Å²) in [5.74, 6) is 6.69. The van der Waals surface area contributed by atoms with Crippen molar-refractivity contribution in [2.24, 2.45) is 0 Å². The van der Waals surface area contributed by atoms with Crippen molar-refractivity contribution < 1.29 is 4.74 Å². The molecule has 2 nitrogen and oxygen atoms in total. The summed E-state index contributed by atoms with van der Waals surface area (Å²) in [7, 11) is 0. The van der Waals surface area contributed by atoms with E-state index in [1.807, 2.05) is 6.92 Å². The molecule has 1 aromatic carbocycles. The molecule has 0 radical (unpaired) electrons. The predicted molar refractivity (Wildman–Crippen MR) is 74.7 cm³/mol. The Morgan fingerprint density at radius 2 is 2.33 bits per heavy atom. The average Bonchev–Trinajstić information content (AvgIpc) is 2.79. The Morgan fingerprint density at radius 1 is 1.44 bits per heavy atom. The van der Waals surface area contributed by atoms with Crippen LogP contribution in [0.2, 0.25) is 0 Å². The van der Waals surface area contributed by atoms with Crippen LogP contribution in [-0.2, 0) is 6.42 Å². The molecule has 0 saturated heterocycles. The lowest BCUT2D eigenvalue weighted by Crippen LogP contribution is -2.19. The van der Waals surface area contributed by atoms with E-state index in [0.717, 1.165) is 18.7 Å². The van der Waals surface area contributed by atoms with E-state index in [4.69, 9.17) is 4.74 Å². The van der Waals surface area contributed by atoms with Crippen LogP contribution in [0.15, 0.2) is 18.2 Å². The zero-order chi connectivity index (χ0) is 12.8. The van der Waals surface area contributed by atoms with Gasteiger partial charge in [0.2, 0.25) is 0 Å². The first-order valence-corrected chi connectivity index (χ1v) is 6.73. The van der Waals surface area contributed by atoms with Crippen LogP contribution >= 0.6 is 0 Å². The Morgan fingerprint density at radius 3 is 3.11 bits per heavy atom. The average molecular weight is 243 g/mol. The molecule has 2 heteroatoms. The molecule has 0 spiro atoms. The Kier molecular flexibility index (Phi) is 4.66. The van der Waals surface area contributed by atoms with Crippen molar-refractivity contribution in [2.75, 3.05) is 13.2 Å². The van der Waals surface area contributed by atoms with E-state index in [1.165, 1.54) is 24.0 Å². The highest BCUT2D eigenvalue weighted by Gasteiger charge is 2.21. The molecular formula is C16H21NO. The number of hydrogen-bond acceptors (Lipinski definition) is 2. The number of fused-ring (bicyclic) bond motifs is 1. The molecule has 96 valence electrons. The van der Waals surface area contributed by atoms with Crippen LogP contribution in [0.4, 0.5) is 0 Å². The maximum absolute atomic E-state index is 5.59. The lowest BCUT2D eigenvalue weighted by molar-refractivity contribution is 0.370. The molecule has 0 heterocycles. The lowest BCUT2D eigenvalue weighted by atomic mass is 10.1. The summed E-state index contributed by atoms with van der Waals surface area (Å²) in [4.78, 5) is 0. The van der Waals surface area contributed by atoms with Crippen LogP contribution < -0.4 is 10.1 Å². The van der Waals surface area contributed by atoms with Gasteiger partial charge in [0, 0.05) is 6.04 Å². The Bertz CT molecular complexity index is 456. The molecule has 18 heavy (non-hydrogen) atoms. The third kappa shape index (κ3) is 3.05. The molecule has 1 unspecified atom stereocenters. The highest BCUT2D eigenvalue weighted by Crippen LogP contribution is 2.33. The monoisotopic (exact) mass is 243 g/mol. The second-order valence-electron chi connectivity index (χ2n) is 4.62. The third-order valence-corrected chi connectivity index (χ3v) is 3.32. The maximum Gasteiger partial charge on any atom is 0.149 e. The van der Waals surface area contributed by atoms with E-state index in [9.17, 15) is 0 Å². The largest absolute Gasteiger partial charge is 0.481 e. The fraction of sp³-hybridized carbons (Fsp3) is 0.500. The van der Waals surface area contributed by atoms with E-state index in [2.05, 4.69) is 42.3 Å². The van der Waals surface area contributed by atoms with Gasteiger partial charge in [0.15, 0.2) is 0 Å². The molecule has 0 fully saturated rings. The Balaban J connectivity index is 2.02. The van der Waals surface area contributed by atoms with E-state index < -0.39 is 0 Å². The molecule has 0 amide bonds. The van der Waals surface area contributed by atoms with Gasteiger partial charge in [0.05, 0.1) is 0 Å². The van der Waals surface area contributed by atoms with Gasteiger partial charge in [-0.15, -0.1) is 5.92 Å². The van der Waals surface area contributed by atoms with Gasteiger partial charge in [0.25, 0.3) is 0 Å². The zero-order valence-electron chi connectivity index (χ0n) is 11.3. The van der Waals surface area contributed by atoms with E-state index in [-0.39, 0.29) is 0 Å². The standard InChI is InChI=1S/C16H21NO/c1-3-5-11-18-14-7-8-15-13(12-14)6-9-16(15)17-10-4-2/h7-8,12,16-17H,4,6,9-11H2,1-2H3. The van der Waals surface area contributed by atoms with E-state index in [0.29, 0.717) is 12.6 Å². The number of benzene rings is 1. The summed E-state index contributed by atoms with van der Waals surface area (Å²) in [6, 6.07) is 6.96. The molecule has 0 saturated carbocycles. The molecule has 0 aromatic heterocycles. The summed E-state index contributed by atoms with van der Waals surface area (Å²) < 4.78 is 5.59. The van der Waals surface area contributed by atoms with Crippen molar-refractivity contribution in [1.82, 2.24) is 5.32 Å². The van der Waals surface area contributed by atoms with Gasteiger partial charge in [-0.3, -0.25) is 0 Å². The van der Waals surface area contributed by atoms with Crippen molar-refractivity contribution in [1.29, 1.82) is 0 Å². The summed E-state index contributed by atoms with van der Waals surface area (Å²) in [6.45, 7) is 5.60. The van der Waals surface area contributed by atoms with Gasteiger partial charge >= 0.3 is 0 Å². The fourth-order valence-electron chi connectivity index (χ4n) is 2.41. The quantitative estimate of drug-likeness (QED) is 0.802. The van der Waals surface area contributed by atoms with Crippen LogP contribution in [0.25, 0.3) is 0 Å². The summed E-state index contributed by atoms with van der Waals surface area (Å²) >= 11 is 0. The molecule has 1 aliphatic carbocycles. The van der Waals surface area contributed by atoms with Crippen LogP contribution in [0.1, 0.15) is 43.9 Å². The van der Waals surface area contributed by atoms with Gasteiger partial charge in [0.1, 0.15) is 12.4 Å². The van der Waals surface area contributed by atoms with E-state index >= 15 is 0 Å². The highest BCUT2D eigenvalue weighted by atomic mass is 16.5. The van der Waals surface area contributed by atoms with Gasteiger partial charge in [-0.25, -0.2) is 0 Å². The van der Waals surface area contributed by atoms with Gasteiger partial charge in [-0.1, -0.05) is 18.9 Å².